The van der Waals surface area contributed by atoms with E-state index in [1.54, 1.807) is 0 Å². The Kier molecular flexibility index (Phi) is 7.90. The van der Waals surface area contributed by atoms with Crippen molar-refractivity contribution in [2.45, 2.75) is 31.3 Å². The smallest absolute Gasteiger partial charge is 0.351 e. The molecule has 0 aliphatic carbocycles. The van der Waals surface area contributed by atoms with Gasteiger partial charge in [0, 0.05) is 37.7 Å². The van der Waals surface area contributed by atoms with Crippen LogP contribution in [0.4, 0.5) is 5.82 Å². The number of carbonyl (C=O) groups is 2. The SMILES string of the molecule is COC(=O)/C=C/C(=O)NCCC#Cc1cn([C@H]2C[C@H](O)[C@@H](CO)O2)c(=O)nc1N. The summed E-state index contributed by atoms with van der Waals surface area (Å²) in [6, 6.07) is 0. The van der Waals surface area contributed by atoms with Gasteiger partial charge in [0.15, 0.2) is 0 Å². The third kappa shape index (κ3) is 6.15. The number of esters is 1. The quantitative estimate of drug-likeness (QED) is 0.182. The Labute approximate surface area is 166 Å². The molecule has 0 radical (unpaired) electrons. The van der Waals surface area contributed by atoms with Crippen LogP contribution >= 0.6 is 0 Å². The van der Waals surface area contributed by atoms with E-state index in [9.17, 15) is 19.5 Å². The van der Waals surface area contributed by atoms with Gasteiger partial charge in [0.1, 0.15) is 18.1 Å². The van der Waals surface area contributed by atoms with Gasteiger partial charge < -0.3 is 30.7 Å². The predicted octanol–water partition coefficient (Wildman–Crippen LogP) is -1.95. The van der Waals surface area contributed by atoms with Crippen LogP contribution in [0.3, 0.4) is 0 Å². The minimum Gasteiger partial charge on any atom is -0.466 e. The molecule has 0 aromatic carbocycles. The number of methoxy groups -OCH3 is 1. The molecule has 1 aromatic heterocycles. The maximum atomic E-state index is 12.1. The molecule has 156 valence electrons. The highest BCUT2D eigenvalue weighted by molar-refractivity contribution is 5.94. The van der Waals surface area contributed by atoms with Gasteiger partial charge in [0.2, 0.25) is 5.91 Å². The minimum atomic E-state index is -0.902. The Hall–Kier alpha value is -3.20. The molecule has 1 aliphatic heterocycles. The molecule has 5 N–H and O–H groups in total. The van der Waals surface area contributed by atoms with Gasteiger partial charge in [-0.3, -0.25) is 9.36 Å². The van der Waals surface area contributed by atoms with Crippen molar-refractivity contribution < 1.29 is 29.3 Å². The summed E-state index contributed by atoms with van der Waals surface area (Å²) in [7, 11) is 1.20. The summed E-state index contributed by atoms with van der Waals surface area (Å²) >= 11 is 0. The molecule has 1 aromatic rings. The Morgan fingerprint density at radius 3 is 2.93 bits per heavy atom. The zero-order valence-electron chi connectivity index (χ0n) is 15.7. The Bertz CT molecular complexity index is 900. The Balaban J connectivity index is 1.98. The first-order valence-corrected chi connectivity index (χ1v) is 8.71. The second-order valence-corrected chi connectivity index (χ2v) is 6.04. The van der Waals surface area contributed by atoms with Gasteiger partial charge in [-0.1, -0.05) is 11.8 Å². The van der Waals surface area contributed by atoms with E-state index in [1.165, 1.54) is 17.9 Å². The topological polar surface area (TPSA) is 166 Å². The Morgan fingerprint density at radius 1 is 1.52 bits per heavy atom. The maximum Gasteiger partial charge on any atom is 0.351 e. The predicted molar refractivity (Wildman–Crippen MR) is 100 cm³/mol. The lowest BCUT2D eigenvalue weighted by atomic mass is 10.2. The summed E-state index contributed by atoms with van der Waals surface area (Å²) in [5.41, 5.74) is 5.36. The van der Waals surface area contributed by atoms with Gasteiger partial charge in [-0.25, -0.2) is 9.59 Å². The first-order valence-electron chi connectivity index (χ1n) is 8.71. The zero-order valence-corrected chi connectivity index (χ0v) is 15.7. The monoisotopic (exact) mass is 406 g/mol. The number of aliphatic hydroxyl groups is 2. The summed E-state index contributed by atoms with van der Waals surface area (Å²) in [5, 5.41) is 21.5. The van der Waals surface area contributed by atoms with E-state index in [0.29, 0.717) is 0 Å². The van der Waals surface area contributed by atoms with Crippen LogP contribution in [-0.4, -0.2) is 64.1 Å². The van der Waals surface area contributed by atoms with E-state index in [-0.39, 0.29) is 37.4 Å². The lowest BCUT2D eigenvalue weighted by molar-refractivity contribution is -0.135. The van der Waals surface area contributed by atoms with Crippen LogP contribution in [0.5, 0.6) is 0 Å². The molecule has 29 heavy (non-hydrogen) atoms. The number of rotatable bonds is 6. The van der Waals surface area contributed by atoms with E-state index in [4.69, 9.17) is 15.6 Å². The van der Waals surface area contributed by atoms with Crippen molar-refractivity contribution in [2.24, 2.45) is 0 Å². The second-order valence-electron chi connectivity index (χ2n) is 6.04. The van der Waals surface area contributed by atoms with E-state index in [0.717, 1.165) is 12.2 Å². The molecule has 1 saturated heterocycles. The fourth-order valence-electron chi connectivity index (χ4n) is 2.51. The molecule has 0 spiro atoms. The second kappa shape index (κ2) is 10.4. The number of hydrogen-bond acceptors (Lipinski definition) is 9. The number of nitrogens with two attached hydrogens (primary N) is 1. The van der Waals surface area contributed by atoms with Gasteiger partial charge in [-0.2, -0.15) is 4.98 Å². The van der Waals surface area contributed by atoms with Crippen molar-refractivity contribution in [3.05, 3.63) is 34.4 Å². The molecule has 1 aliphatic rings. The highest BCUT2D eigenvalue weighted by Gasteiger charge is 2.35. The summed E-state index contributed by atoms with van der Waals surface area (Å²) in [5.74, 6) is 4.40. The lowest BCUT2D eigenvalue weighted by Gasteiger charge is -2.15. The molecule has 0 unspecified atom stereocenters. The van der Waals surface area contributed by atoms with Crippen LogP contribution in [0.15, 0.2) is 23.1 Å². The lowest BCUT2D eigenvalue weighted by Crippen LogP contribution is -2.29. The first kappa shape index (κ1) is 22.1. The number of nitrogen functional groups attached to an aromatic ring is 1. The van der Waals surface area contributed by atoms with Crippen molar-refractivity contribution in [1.29, 1.82) is 0 Å². The molecule has 11 heteroatoms. The number of amides is 1. The van der Waals surface area contributed by atoms with Crippen LogP contribution < -0.4 is 16.7 Å². The van der Waals surface area contributed by atoms with Crippen LogP contribution in [0, 0.1) is 11.8 Å². The van der Waals surface area contributed by atoms with E-state index < -0.39 is 36.0 Å². The highest BCUT2D eigenvalue weighted by Crippen LogP contribution is 2.27. The third-order valence-electron chi connectivity index (χ3n) is 4.02. The zero-order chi connectivity index (χ0) is 21.4. The van der Waals surface area contributed by atoms with Gasteiger partial charge in [-0.05, 0) is 0 Å². The Morgan fingerprint density at radius 2 is 2.28 bits per heavy atom. The molecule has 2 rings (SSSR count). The number of aliphatic hydroxyl groups excluding tert-OH is 2. The summed E-state index contributed by atoms with van der Waals surface area (Å²) in [6.45, 7) is -0.150. The van der Waals surface area contributed by atoms with Crippen LogP contribution in [0.1, 0.15) is 24.6 Å². The summed E-state index contributed by atoms with van der Waals surface area (Å²) < 4.78 is 11.0. The molecule has 0 bridgehead atoms. The number of nitrogens with zero attached hydrogens (tertiary/aromatic N) is 2. The first-order chi connectivity index (χ1) is 13.8. The van der Waals surface area contributed by atoms with Gasteiger partial charge in [0.05, 0.1) is 25.4 Å². The van der Waals surface area contributed by atoms with Crippen molar-refractivity contribution in [1.82, 2.24) is 14.9 Å². The molecular formula is C18H22N4O7. The molecule has 1 amide bonds. The number of anilines is 1. The van der Waals surface area contributed by atoms with Crippen LogP contribution in [-0.2, 0) is 19.1 Å². The van der Waals surface area contributed by atoms with Crippen molar-refractivity contribution in [3.8, 4) is 11.8 Å². The summed E-state index contributed by atoms with van der Waals surface area (Å²) in [4.78, 5) is 38.2. The minimum absolute atomic E-state index is 0.0546. The number of nitrogens with one attached hydrogen (secondary N) is 1. The largest absolute Gasteiger partial charge is 0.466 e. The molecule has 0 saturated carbocycles. The van der Waals surface area contributed by atoms with Crippen molar-refractivity contribution in [2.75, 3.05) is 26.0 Å². The average Bonchev–Trinajstić information content (AvgIpc) is 3.07. The standard InChI is InChI=1S/C18H22N4O7/c1-28-16(26)6-5-14(25)20-7-3-2-4-11-9-22(18(27)21-17(11)19)15-8-12(24)13(10-23)29-15/h5-6,9,12-13,15,23-24H,3,7-8,10H2,1H3,(H,20,25)(H2,19,21,27)/b6-5+/t12-,13+,15+/m0/s1. The number of ether oxygens (including phenoxy) is 2. The normalized spacial score (nSPS) is 20.9. The number of aromatic nitrogens is 2. The summed E-state index contributed by atoms with van der Waals surface area (Å²) in [6.07, 6.45) is 1.36. The molecular weight excluding hydrogens is 384 g/mol. The van der Waals surface area contributed by atoms with Crippen molar-refractivity contribution in [3.63, 3.8) is 0 Å². The number of carbonyl (C=O) groups excluding carboxylic acids is 2. The molecule has 3 atom stereocenters. The van der Waals surface area contributed by atoms with Crippen molar-refractivity contribution >= 4 is 17.7 Å². The van der Waals surface area contributed by atoms with E-state index in [1.807, 2.05) is 0 Å². The number of hydrogen-bond donors (Lipinski definition) is 4. The van der Waals surface area contributed by atoms with Gasteiger partial charge in [-0.15, -0.1) is 0 Å². The third-order valence-corrected chi connectivity index (χ3v) is 4.02. The highest BCUT2D eigenvalue weighted by atomic mass is 16.5. The fourth-order valence-corrected chi connectivity index (χ4v) is 2.51. The fraction of sp³-hybridized carbons (Fsp3) is 0.444. The molecule has 1 fully saturated rings. The maximum absolute atomic E-state index is 12.1. The van der Waals surface area contributed by atoms with Gasteiger partial charge in [0.25, 0.3) is 0 Å². The molecule has 2 heterocycles. The molecule has 11 nitrogen and oxygen atoms in total. The van der Waals surface area contributed by atoms with Gasteiger partial charge >= 0.3 is 11.7 Å². The van der Waals surface area contributed by atoms with Crippen LogP contribution in [0.2, 0.25) is 0 Å². The van der Waals surface area contributed by atoms with Crippen LogP contribution in [0.25, 0.3) is 0 Å². The average molecular weight is 406 g/mol. The van der Waals surface area contributed by atoms with E-state index in [2.05, 4.69) is 26.9 Å². The van der Waals surface area contributed by atoms with E-state index >= 15 is 0 Å².